The summed E-state index contributed by atoms with van der Waals surface area (Å²) in [5.74, 6) is -0.147. The minimum Gasteiger partial charge on any atom is -0.350 e. The van der Waals surface area contributed by atoms with E-state index in [0.717, 1.165) is 16.8 Å². The molecule has 1 heterocycles. The Morgan fingerprint density at radius 2 is 1.82 bits per heavy atom. The molecule has 0 spiro atoms. The van der Waals surface area contributed by atoms with E-state index in [1.807, 2.05) is 58.0 Å². The van der Waals surface area contributed by atoms with Crippen molar-refractivity contribution >= 4 is 33.4 Å². The van der Waals surface area contributed by atoms with Crippen LogP contribution in [-0.4, -0.2) is 28.7 Å². The Bertz CT molecular complexity index is 874. The average Bonchev–Trinajstić information content (AvgIpc) is 2.72. The van der Waals surface area contributed by atoms with Gasteiger partial charge in [-0.3, -0.25) is 9.59 Å². The molecule has 1 aliphatic heterocycles. The van der Waals surface area contributed by atoms with Gasteiger partial charge in [-0.15, -0.1) is 0 Å². The van der Waals surface area contributed by atoms with Gasteiger partial charge in [0.2, 0.25) is 11.8 Å². The van der Waals surface area contributed by atoms with Gasteiger partial charge in [-0.05, 0) is 50.8 Å². The molecule has 0 radical (unpaired) electrons. The van der Waals surface area contributed by atoms with Gasteiger partial charge >= 0.3 is 0 Å². The SMILES string of the molecule is Cc1cccc2c1N(CC(=O)NC(C)(C)C)C(=O)[C@H](Br)C[C@H]2c1ccccc1. The third kappa shape index (κ3) is 4.46. The van der Waals surface area contributed by atoms with Crippen molar-refractivity contribution in [3.8, 4) is 0 Å². The summed E-state index contributed by atoms with van der Waals surface area (Å²) in [7, 11) is 0. The lowest BCUT2D eigenvalue weighted by molar-refractivity contribution is -0.124. The maximum Gasteiger partial charge on any atom is 0.241 e. The number of nitrogens with one attached hydrogen (secondary N) is 1. The van der Waals surface area contributed by atoms with E-state index in [-0.39, 0.29) is 34.6 Å². The van der Waals surface area contributed by atoms with Crippen LogP contribution in [0.25, 0.3) is 0 Å². The second-order valence-electron chi connectivity index (χ2n) is 8.40. The molecule has 0 saturated heterocycles. The van der Waals surface area contributed by atoms with Crippen LogP contribution in [0.3, 0.4) is 0 Å². The first-order chi connectivity index (χ1) is 13.2. The smallest absolute Gasteiger partial charge is 0.241 e. The number of halogens is 1. The van der Waals surface area contributed by atoms with Crippen molar-refractivity contribution < 1.29 is 9.59 Å². The van der Waals surface area contributed by atoms with Crippen molar-refractivity contribution in [2.24, 2.45) is 0 Å². The number of anilines is 1. The molecular formula is C23H27BrN2O2. The van der Waals surface area contributed by atoms with Gasteiger partial charge in [-0.25, -0.2) is 0 Å². The first-order valence-corrected chi connectivity index (χ1v) is 10.5. The van der Waals surface area contributed by atoms with Crippen LogP contribution >= 0.6 is 15.9 Å². The molecule has 0 bridgehead atoms. The van der Waals surface area contributed by atoms with Gasteiger partial charge in [-0.2, -0.15) is 0 Å². The molecule has 2 aromatic rings. The molecule has 0 aliphatic carbocycles. The van der Waals surface area contributed by atoms with Gasteiger partial charge in [0.25, 0.3) is 0 Å². The van der Waals surface area contributed by atoms with Crippen molar-refractivity contribution in [2.45, 2.75) is 50.4 Å². The fraction of sp³-hybridized carbons (Fsp3) is 0.391. The van der Waals surface area contributed by atoms with Crippen molar-refractivity contribution in [1.29, 1.82) is 0 Å². The van der Waals surface area contributed by atoms with Crippen molar-refractivity contribution in [3.05, 3.63) is 65.2 Å². The highest BCUT2D eigenvalue weighted by Gasteiger charge is 2.36. The van der Waals surface area contributed by atoms with Crippen LogP contribution in [0.5, 0.6) is 0 Å². The first-order valence-electron chi connectivity index (χ1n) is 9.58. The molecule has 0 saturated carbocycles. The zero-order chi connectivity index (χ0) is 20.5. The normalized spacial score (nSPS) is 19.8. The molecule has 1 aliphatic rings. The second-order valence-corrected chi connectivity index (χ2v) is 9.51. The van der Waals surface area contributed by atoms with Crippen LogP contribution < -0.4 is 10.2 Å². The minimum absolute atomic E-state index is 0.0115. The molecule has 2 amide bonds. The third-order valence-corrected chi connectivity index (χ3v) is 5.67. The standard InChI is InChI=1S/C23H27BrN2O2/c1-15-9-8-12-17-18(16-10-6-5-7-11-16)13-19(24)22(28)26(21(15)17)14-20(27)25-23(2,3)4/h5-12,18-19H,13-14H2,1-4H3,(H,25,27)/t18-,19+/m0/s1. The Labute approximate surface area is 175 Å². The quantitative estimate of drug-likeness (QED) is 0.709. The summed E-state index contributed by atoms with van der Waals surface area (Å²) in [6, 6.07) is 16.3. The Morgan fingerprint density at radius 3 is 2.46 bits per heavy atom. The number of para-hydroxylation sites is 1. The van der Waals surface area contributed by atoms with Crippen molar-refractivity contribution in [1.82, 2.24) is 5.32 Å². The molecular weight excluding hydrogens is 416 g/mol. The number of rotatable bonds is 3. The number of hydrogen-bond acceptors (Lipinski definition) is 2. The highest BCUT2D eigenvalue weighted by atomic mass is 79.9. The summed E-state index contributed by atoms with van der Waals surface area (Å²) in [4.78, 5) is 27.2. The number of aryl methyl sites for hydroxylation is 1. The predicted molar refractivity (Wildman–Crippen MR) is 117 cm³/mol. The van der Waals surface area contributed by atoms with Gasteiger partial charge in [0, 0.05) is 11.5 Å². The Balaban J connectivity index is 2.07. The van der Waals surface area contributed by atoms with Crippen molar-refractivity contribution in [3.63, 3.8) is 0 Å². The molecule has 1 N–H and O–H groups in total. The van der Waals surface area contributed by atoms with E-state index in [1.54, 1.807) is 4.90 Å². The number of carbonyl (C=O) groups is 2. The van der Waals surface area contributed by atoms with Crippen LogP contribution in [0.4, 0.5) is 5.69 Å². The number of hydrogen-bond donors (Lipinski definition) is 1. The predicted octanol–water partition coefficient (Wildman–Crippen LogP) is 4.54. The molecule has 148 valence electrons. The monoisotopic (exact) mass is 442 g/mol. The van der Waals surface area contributed by atoms with Crippen molar-refractivity contribution in [2.75, 3.05) is 11.4 Å². The molecule has 0 fully saturated rings. The summed E-state index contributed by atoms with van der Waals surface area (Å²) in [5, 5.41) is 2.97. The van der Waals surface area contributed by atoms with E-state index in [1.165, 1.54) is 5.56 Å². The van der Waals surface area contributed by atoms with Gasteiger partial charge < -0.3 is 10.2 Å². The molecule has 2 aromatic carbocycles. The minimum atomic E-state index is -0.355. The average molecular weight is 443 g/mol. The van der Waals surface area contributed by atoms with Crippen LogP contribution in [0.1, 0.15) is 49.8 Å². The van der Waals surface area contributed by atoms with E-state index >= 15 is 0 Å². The first kappa shape index (κ1) is 20.6. The van der Waals surface area contributed by atoms with E-state index in [0.29, 0.717) is 6.42 Å². The molecule has 5 heteroatoms. The van der Waals surface area contributed by atoms with E-state index in [4.69, 9.17) is 0 Å². The van der Waals surface area contributed by atoms with Gasteiger partial charge in [0.15, 0.2) is 0 Å². The topological polar surface area (TPSA) is 49.4 Å². The fourth-order valence-corrected chi connectivity index (χ4v) is 4.43. The molecule has 0 aromatic heterocycles. The van der Waals surface area contributed by atoms with Crippen LogP contribution in [0.15, 0.2) is 48.5 Å². The molecule has 2 atom stereocenters. The highest BCUT2D eigenvalue weighted by Crippen LogP contribution is 2.42. The summed E-state index contributed by atoms with van der Waals surface area (Å²) in [5.41, 5.74) is 3.77. The molecule has 28 heavy (non-hydrogen) atoms. The summed E-state index contributed by atoms with van der Waals surface area (Å²) >= 11 is 3.59. The number of carbonyl (C=O) groups excluding carboxylic acids is 2. The maximum atomic E-state index is 13.2. The number of amides is 2. The van der Waals surface area contributed by atoms with Crippen LogP contribution in [-0.2, 0) is 9.59 Å². The summed E-state index contributed by atoms with van der Waals surface area (Å²) in [6.45, 7) is 7.82. The number of benzene rings is 2. The number of fused-ring (bicyclic) bond motifs is 1. The fourth-order valence-electron chi connectivity index (χ4n) is 3.80. The number of nitrogens with zero attached hydrogens (tertiary/aromatic N) is 1. The second kappa shape index (κ2) is 8.08. The van der Waals surface area contributed by atoms with Gasteiger partial charge in [0.1, 0.15) is 6.54 Å². The lowest BCUT2D eigenvalue weighted by atomic mass is 9.86. The Hall–Kier alpha value is -2.14. The van der Waals surface area contributed by atoms with E-state index < -0.39 is 0 Å². The zero-order valence-corrected chi connectivity index (χ0v) is 18.4. The highest BCUT2D eigenvalue weighted by molar-refractivity contribution is 9.10. The van der Waals surface area contributed by atoms with Crippen LogP contribution in [0.2, 0.25) is 0 Å². The third-order valence-electron chi connectivity index (χ3n) is 4.91. The Kier molecular flexibility index (Phi) is 5.94. The summed E-state index contributed by atoms with van der Waals surface area (Å²) in [6.07, 6.45) is 0.649. The lowest BCUT2D eigenvalue weighted by Gasteiger charge is -2.28. The lowest BCUT2D eigenvalue weighted by Crippen LogP contribution is -2.48. The van der Waals surface area contributed by atoms with Crippen LogP contribution in [0, 0.1) is 6.92 Å². The Morgan fingerprint density at radius 1 is 1.14 bits per heavy atom. The van der Waals surface area contributed by atoms with Gasteiger partial charge in [-0.1, -0.05) is 64.5 Å². The zero-order valence-electron chi connectivity index (χ0n) is 16.8. The summed E-state index contributed by atoms with van der Waals surface area (Å²) < 4.78 is 0. The van der Waals surface area contributed by atoms with E-state index in [2.05, 4.69) is 39.4 Å². The van der Waals surface area contributed by atoms with E-state index in [9.17, 15) is 9.59 Å². The van der Waals surface area contributed by atoms with Gasteiger partial charge in [0.05, 0.1) is 10.5 Å². The molecule has 0 unspecified atom stereocenters. The number of alkyl halides is 1. The molecule has 3 rings (SSSR count). The largest absolute Gasteiger partial charge is 0.350 e. The maximum absolute atomic E-state index is 13.2. The molecule has 4 nitrogen and oxygen atoms in total.